The molecule has 3 heteroatoms. The van der Waals surface area contributed by atoms with Crippen molar-refractivity contribution in [2.75, 3.05) is 13.1 Å². The number of carboxylic acid groups (broad SMARTS) is 1. The molecule has 0 bridgehead atoms. The normalized spacial score (nSPS) is 15.8. The van der Waals surface area contributed by atoms with E-state index >= 15 is 0 Å². The van der Waals surface area contributed by atoms with E-state index in [1.165, 1.54) is 18.4 Å². The van der Waals surface area contributed by atoms with E-state index in [9.17, 15) is 4.79 Å². The molecule has 0 saturated carbocycles. The number of hydrogen-bond donors (Lipinski definition) is 2. The summed E-state index contributed by atoms with van der Waals surface area (Å²) in [5.74, 6) is 5.27. The summed E-state index contributed by atoms with van der Waals surface area (Å²) >= 11 is 0. The molecule has 1 aliphatic heterocycles. The quantitative estimate of drug-likeness (QED) is 0.781. The van der Waals surface area contributed by atoms with Crippen molar-refractivity contribution in [3.8, 4) is 11.8 Å². The van der Waals surface area contributed by atoms with Gasteiger partial charge >= 0.3 is 5.97 Å². The summed E-state index contributed by atoms with van der Waals surface area (Å²) in [5, 5.41) is 11.9. The minimum Gasteiger partial charge on any atom is -0.481 e. The highest BCUT2D eigenvalue weighted by Gasteiger charge is 2.14. The Balaban J connectivity index is 1.99. The van der Waals surface area contributed by atoms with E-state index in [-0.39, 0.29) is 6.42 Å². The molecule has 2 rings (SSSR count). The van der Waals surface area contributed by atoms with Gasteiger partial charge in [0.2, 0.25) is 0 Å². The maximum Gasteiger partial charge on any atom is 0.315 e. The van der Waals surface area contributed by atoms with Gasteiger partial charge in [-0.3, -0.25) is 4.79 Å². The van der Waals surface area contributed by atoms with Gasteiger partial charge in [-0.25, -0.2) is 0 Å². The Morgan fingerprint density at radius 3 is 2.56 bits per heavy atom. The first kappa shape index (κ1) is 12.7. The molecule has 0 unspecified atom stereocenters. The van der Waals surface area contributed by atoms with Gasteiger partial charge in [-0.15, -0.1) is 0 Å². The number of carboxylic acids is 1. The van der Waals surface area contributed by atoms with Gasteiger partial charge < -0.3 is 10.4 Å². The molecule has 0 radical (unpaired) electrons. The van der Waals surface area contributed by atoms with Crippen LogP contribution in [-0.4, -0.2) is 24.2 Å². The third-order valence-corrected chi connectivity index (χ3v) is 3.19. The molecule has 1 aromatic carbocycles. The molecule has 0 atom stereocenters. The summed E-state index contributed by atoms with van der Waals surface area (Å²) in [4.78, 5) is 10.3. The molecule has 1 aromatic rings. The summed E-state index contributed by atoms with van der Waals surface area (Å²) in [6.07, 6.45) is 2.27. The van der Waals surface area contributed by atoms with Crippen LogP contribution in [0, 0.1) is 11.8 Å². The summed E-state index contributed by atoms with van der Waals surface area (Å²) in [6.45, 7) is 2.18. The maximum absolute atomic E-state index is 10.3. The zero-order valence-electron chi connectivity index (χ0n) is 10.3. The topological polar surface area (TPSA) is 49.3 Å². The predicted molar refractivity (Wildman–Crippen MR) is 70.4 cm³/mol. The predicted octanol–water partition coefficient (Wildman–Crippen LogP) is 1.98. The Morgan fingerprint density at radius 1 is 1.28 bits per heavy atom. The third-order valence-electron chi connectivity index (χ3n) is 3.19. The lowest BCUT2D eigenvalue weighted by Gasteiger charge is -2.22. The Kier molecular flexibility index (Phi) is 4.38. The summed E-state index contributed by atoms with van der Waals surface area (Å²) in [5.41, 5.74) is 2.24. The van der Waals surface area contributed by atoms with Gasteiger partial charge in [-0.1, -0.05) is 24.0 Å². The van der Waals surface area contributed by atoms with Crippen LogP contribution in [0.3, 0.4) is 0 Å². The van der Waals surface area contributed by atoms with E-state index in [0.717, 1.165) is 18.7 Å². The Hall–Kier alpha value is -1.79. The fourth-order valence-electron chi connectivity index (χ4n) is 2.22. The standard InChI is InChI=1S/C15H17NO2/c17-15(18)3-1-2-12-4-6-13(7-5-12)14-8-10-16-11-9-14/h4-7,14,16H,3,8-11H2,(H,17,18). The summed E-state index contributed by atoms with van der Waals surface area (Å²) in [6, 6.07) is 8.18. The number of benzene rings is 1. The third kappa shape index (κ3) is 3.61. The number of hydrogen-bond acceptors (Lipinski definition) is 2. The van der Waals surface area contributed by atoms with Crippen molar-refractivity contribution in [2.45, 2.75) is 25.2 Å². The molecule has 0 aliphatic carbocycles. The van der Waals surface area contributed by atoms with Gasteiger partial charge in [0.05, 0.1) is 0 Å². The van der Waals surface area contributed by atoms with Crippen LogP contribution in [0.25, 0.3) is 0 Å². The van der Waals surface area contributed by atoms with Gasteiger partial charge in [0.25, 0.3) is 0 Å². The second-order valence-corrected chi connectivity index (χ2v) is 4.52. The number of nitrogens with one attached hydrogen (secondary N) is 1. The highest BCUT2D eigenvalue weighted by Crippen LogP contribution is 2.24. The van der Waals surface area contributed by atoms with Crippen LogP contribution in [0.15, 0.2) is 24.3 Å². The van der Waals surface area contributed by atoms with Crippen molar-refractivity contribution in [1.82, 2.24) is 5.32 Å². The van der Waals surface area contributed by atoms with Crippen LogP contribution in [0.1, 0.15) is 36.3 Å². The summed E-state index contributed by atoms with van der Waals surface area (Å²) in [7, 11) is 0. The minimum absolute atomic E-state index is 0.101. The van der Waals surface area contributed by atoms with Gasteiger partial charge in [0, 0.05) is 5.56 Å². The minimum atomic E-state index is -0.881. The first-order chi connectivity index (χ1) is 8.75. The van der Waals surface area contributed by atoms with Crippen molar-refractivity contribution >= 4 is 5.97 Å². The molecule has 1 fully saturated rings. The highest BCUT2D eigenvalue weighted by atomic mass is 16.4. The van der Waals surface area contributed by atoms with Gasteiger partial charge in [-0.2, -0.15) is 0 Å². The Morgan fingerprint density at radius 2 is 1.94 bits per heavy atom. The molecule has 1 heterocycles. The smallest absolute Gasteiger partial charge is 0.315 e. The molecule has 3 nitrogen and oxygen atoms in total. The first-order valence-electron chi connectivity index (χ1n) is 6.27. The van der Waals surface area contributed by atoms with E-state index in [2.05, 4.69) is 29.3 Å². The van der Waals surface area contributed by atoms with Crippen LogP contribution in [0.4, 0.5) is 0 Å². The maximum atomic E-state index is 10.3. The van der Waals surface area contributed by atoms with Crippen molar-refractivity contribution in [3.05, 3.63) is 35.4 Å². The van der Waals surface area contributed by atoms with E-state index in [1.54, 1.807) is 0 Å². The first-order valence-corrected chi connectivity index (χ1v) is 6.27. The number of piperidine rings is 1. The SMILES string of the molecule is O=C(O)CC#Cc1ccc(C2CCNCC2)cc1. The zero-order chi connectivity index (χ0) is 12.8. The lowest BCUT2D eigenvalue weighted by molar-refractivity contribution is -0.135. The van der Waals surface area contributed by atoms with Crippen LogP contribution >= 0.6 is 0 Å². The lowest BCUT2D eigenvalue weighted by Crippen LogP contribution is -2.26. The molecule has 2 N–H and O–H groups in total. The van der Waals surface area contributed by atoms with E-state index in [1.807, 2.05) is 12.1 Å². The zero-order valence-corrected chi connectivity index (χ0v) is 10.3. The van der Waals surface area contributed by atoms with Crippen molar-refractivity contribution < 1.29 is 9.90 Å². The van der Waals surface area contributed by atoms with Crippen LogP contribution in [-0.2, 0) is 4.79 Å². The highest BCUT2D eigenvalue weighted by molar-refractivity contribution is 5.70. The number of carbonyl (C=O) groups is 1. The second-order valence-electron chi connectivity index (χ2n) is 4.52. The van der Waals surface area contributed by atoms with Gasteiger partial charge in [0.15, 0.2) is 0 Å². The van der Waals surface area contributed by atoms with Gasteiger partial charge in [-0.05, 0) is 49.5 Å². The largest absolute Gasteiger partial charge is 0.481 e. The lowest BCUT2D eigenvalue weighted by atomic mass is 9.90. The molecule has 0 aromatic heterocycles. The fourth-order valence-corrected chi connectivity index (χ4v) is 2.22. The van der Waals surface area contributed by atoms with Crippen molar-refractivity contribution in [1.29, 1.82) is 0 Å². The van der Waals surface area contributed by atoms with Crippen molar-refractivity contribution in [2.24, 2.45) is 0 Å². The molecule has 0 spiro atoms. The Labute approximate surface area is 107 Å². The molecule has 94 valence electrons. The molecule has 1 saturated heterocycles. The molecule has 1 aliphatic rings. The number of aliphatic carboxylic acids is 1. The molecule has 0 amide bonds. The van der Waals surface area contributed by atoms with Crippen LogP contribution in [0.2, 0.25) is 0 Å². The van der Waals surface area contributed by atoms with Crippen molar-refractivity contribution in [3.63, 3.8) is 0 Å². The van der Waals surface area contributed by atoms with Crippen LogP contribution in [0.5, 0.6) is 0 Å². The van der Waals surface area contributed by atoms with E-state index in [4.69, 9.17) is 5.11 Å². The molecule has 18 heavy (non-hydrogen) atoms. The average Bonchev–Trinajstić information content (AvgIpc) is 2.40. The summed E-state index contributed by atoms with van der Waals surface area (Å²) < 4.78 is 0. The van der Waals surface area contributed by atoms with E-state index < -0.39 is 5.97 Å². The monoisotopic (exact) mass is 243 g/mol. The van der Waals surface area contributed by atoms with E-state index in [0.29, 0.717) is 5.92 Å². The molecular weight excluding hydrogens is 226 g/mol. The van der Waals surface area contributed by atoms with Gasteiger partial charge in [0.1, 0.15) is 6.42 Å². The van der Waals surface area contributed by atoms with Crippen LogP contribution < -0.4 is 5.32 Å². The fraction of sp³-hybridized carbons (Fsp3) is 0.400. The Bertz CT molecular complexity index is 462. The molecular formula is C15H17NO2. The number of rotatable bonds is 2. The second kappa shape index (κ2) is 6.23. The average molecular weight is 243 g/mol.